The summed E-state index contributed by atoms with van der Waals surface area (Å²) >= 11 is 4.44. The Balaban J connectivity index is 2.54. The van der Waals surface area contributed by atoms with Gasteiger partial charge < -0.3 is 14.4 Å². The van der Waals surface area contributed by atoms with Crippen LogP contribution < -0.4 is 0 Å². The summed E-state index contributed by atoms with van der Waals surface area (Å²) in [4.78, 5) is 27.0. The number of esters is 1. The number of carboxylic acid groups (broad SMARTS) is 1. The molecule has 0 saturated carbocycles. The van der Waals surface area contributed by atoms with Gasteiger partial charge in [-0.2, -0.15) is 0 Å². The van der Waals surface area contributed by atoms with Gasteiger partial charge in [0.25, 0.3) is 0 Å². The van der Waals surface area contributed by atoms with Gasteiger partial charge in [-0.1, -0.05) is 27.7 Å². The normalized spacial score (nSPS) is 12.3. The number of benzene rings is 1. The Bertz CT molecular complexity index is 701. The maximum Gasteiger partial charge on any atom is 0.328 e. The van der Waals surface area contributed by atoms with E-state index in [0.717, 1.165) is 21.8 Å². The average molecular weight is 373 g/mol. The van der Waals surface area contributed by atoms with Gasteiger partial charge in [0.2, 0.25) is 0 Å². The molecule has 1 atom stereocenters. The molecule has 0 radical (unpaired) electrons. The number of thioether (sulfide) groups is 1. The predicted octanol–water partition coefficient (Wildman–Crippen LogP) is 2.71. The van der Waals surface area contributed by atoms with Crippen LogP contribution in [0.25, 0.3) is 11.0 Å². The monoisotopic (exact) mass is 372 g/mol. The van der Waals surface area contributed by atoms with Crippen molar-refractivity contribution in [2.75, 3.05) is 12.9 Å². The van der Waals surface area contributed by atoms with E-state index in [1.54, 1.807) is 11.5 Å². The first-order valence-electron chi connectivity index (χ1n) is 6.04. The van der Waals surface area contributed by atoms with E-state index in [9.17, 15) is 9.59 Å². The summed E-state index contributed by atoms with van der Waals surface area (Å²) in [6.07, 6.45) is 0. The molecular formula is C13H13BrN2O4S. The molecule has 0 aliphatic heterocycles. The van der Waals surface area contributed by atoms with Crippen molar-refractivity contribution in [3.8, 4) is 0 Å². The second-order valence-corrected chi connectivity index (χ2v) is 6.14. The smallest absolute Gasteiger partial charge is 0.328 e. The molecule has 2 rings (SSSR count). The number of carboxylic acids is 1. The standard InChI is InChI=1S/C13H13BrN2O4S/c1-7(12(19)20-2)16-10-4-3-8(14)5-9(10)15-13(16)21-6-11(17)18/h3-5,7H,6H2,1-2H3,(H,17,18). The summed E-state index contributed by atoms with van der Waals surface area (Å²) in [6.45, 7) is 1.69. The topological polar surface area (TPSA) is 81.4 Å². The summed E-state index contributed by atoms with van der Waals surface area (Å²) in [5.74, 6) is -1.47. The summed E-state index contributed by atoms with van der Waals surface area (Å²) < 4.78 is 7.32. The van der Waals surface area contributed by atoms with Gasteiger partial charge in [0.15, 0.2) is 5.16 Å². The fourth-order valence-corrected chi connectivity index (χ4v) is 3.09. The van der Waals surface area contributed by atoms with E-state index < -0.39 is 18.0 Å². The highest BCUT2D eigenvalue weighted by atomic mass is 79.9. The largest absolute Gasteiger partial charge is 0.481 e. The lowest BCUT2D eigenvalue weighted by molar-refractivity contribution is -0.144. The molecule has 0 saturated heterocycles. The van der Waals surface area contributed by atoms with Gasteiger partial charge in [0.05, 0.1) is 23.9 Å². The van der Waals surface area contributed by atoms with Crippen LogP contribution in [-0.4, -0.2) is 39.5 Å². The summed E-state index contributed by atoms with van der Waals surface area (Å²) in [5.41, 5.74) is 1.44. The van der Waals surface area contributed by atoms with Crippen molar-refractivity contribution in [3.63, 3.8) is 0 Å². The van der Waals surface area contributed by atoms with Crippen LogP contribution in [0.15, 0.2) is 27.8 Å². The molecular weight excluding hydrogens is 360 g/mol. The number of hydrogen-bond acceptors (Lipinski definition) is 5. The maximum atomic E-state index is 11.8. The van der Waals surface area contributed by atoms with Gasteiger partial charge in [0.1, 0.15) is 6.04 Å². The van der Waals surface area contributed by atoms with Crippen molar-refractivity contribution in [3.05, 3.63) is 22.7 Å². The number of aromatic nitrogens is 2. The van der Waals surface area contributed by atoms with Crippen molar-refractivity contribution in [1.29, 1.82) is 0 Å². The molecule has 0 fully saturated rings. The lowest BCUT2D eigenvalue weighted by Gasteiger charge is -2.14. The molecule has 8 heteroatoms. The molecule has 0 aliphatic rings. The number of nitrogens with zero attached hydrogens (tertiary/aromatic N) is 2. The van der Waals surface area contributed by atoms with Gasteiger partial charge in [-0.05, 0) is 25.1 Å². The quantitative estimate of drug-likeness (QED) is 0.641. The molecule has 1 aromatic heterocycles. The molecule has 0 aliphatic carbocycles. The lowest BCUT2D eigenvalue weighted by Crippen LogP contribution is -2.18. The van der Waals surface area contributed by atoms with Crippen LogP contribution in [0, 0.1) is 0 Å². The minimum atomic E-state index is -0.939. The first-order valence-corrected chi connectivity index (χ1v) is 7.81. The number of rotatable bonds is 5. The van der Waals surface area contributed by atoms with Crippen LogP contribution in [-0.2, 0) is 14.3 Å². The average Bonchev–Trinajstić information content (AvgIpc) is 2.80. The number of hydrogen-bond donors (Lipinski definition) is 1. The minimum Gasteiger partial charge on any atom is -0.481 e. The molecule has 1 unspecified atom stereocenters. The van der Waals surface area contributed by atoms with Crippen molar-refractivity contribution in [1.82, 2.24) is 9.55 Å². The number of ether oxygens (including phenoxy) is 1. The van der Waals surface area contributed by atoms with Crippen molar-refractivity contribution >= 4 is 50.7 Å². The fraction of sp³-hybridized carbons (Fsp3) is 0.308. The SMILES string of the molecule is COC(=O)C(C)n1c(SCC(=O)O)nc2cc(Br)ccc21. The number of methoxy groups -OCH3 is 1. The lowest BCUT2D eigenvalue weighted by atomic mass is 10.3. The summed E-state index contributed by atoms with van der Waals surface area (Å²) in [5, 5.41) is 9.30. The summed E-state index contributed by atoms with van der Waals surface area (Å²) in [6, 6.07) is 4.91. The molecule has 6 nitrogen and oxygen atoms in total. The zero-order chi connectivity index (χ0) is 15.6. The van der Waals surface area contributed by atoms with E-state index >= 15 is 0 Å². The van der Waals surface area contributed by atoms with Gasteiger partial charge in [-0.15, -0.1) is 0 Å². The van der Waals surface area contributed by atoms with E-state index in [2.05, 4.69) is 20.9 Å². The van der Waals surface area contributed by atoms with Gasteiger partial charge >= 0.3 is 11.9 Å². The first-order chi connectivity index (χ1) is 9.93. The van der Waals surface area contributed by atoms with E-state index in [1.807, 2.05) is 18.2 Å². The van der Waals surface area contributed by atoms with Crippen LogP contribution >= 0.6 is 27.7 Å². The van der Waals surface area contributed by atoms with Crippen molar-refractivity contribution in [2.45, 2.75) is 18.1 Å². The number of carbonyl (C=O) groups is 2. The fourth-order valence-electron chi connectivity index (χ4n) is 1.93. The van der Waals surface area contributed by atoms with Crippen LogP contribution in [0.2, 0.25) is 0 Å². The van der Waals surface area contributed by atoms with E-state index in [4.69, 9.17) is 9.84 Å². The third kappa shape index (κ3) is 3.38. The van der Waals surface area contributed by atoms with Crippen molar-refractivity contribution in [2.24, 2.45) is 0 Å². The predicted molar refractivity (Wildman–Crippen MR) is 82.5 cm³/mol. The Morgan fingerprint density at radius 3 is 2.86 bits per heavy atom. The highest BCUT2D eigenvalue weighted by Crippen LogP contribution is 2.30. The Kier molecular flexibility index (Phi) is 4.89. The molecule has 1 aromatic carbocycles. The molecule has 2 aromatic rings. The highest BCUT2D eigenvalue weighted by Gasteiger charge is 2.23. The Morgan fingerprint density at radius 2 is 2.24 bits per heavy atom. The second kappa shape index (κ2) is 6.48. The van der Waals surface area contributed by atoms with Gasteiger partial charge in [0, 0.05) is 4.47 Å². The Labute approximate surface area is 133 Å². The molecule has 112 valence electrons. The van der Waals surface area contributed by atoms with E-state index in [0.29, 0.717) is 10.7 Å². The van der Waals surface area contributed by atoms with Crippen LogP contribution in [0.5, 0.6) is 0 Å². The third-order valence-electron chi connectivity index (χ3n) is 2.87. The number of carbonyl (C=O) groups excluding carboxylic acids is 1. The molecule has 1 N–H and O–H groups in total. The highest BCUT2D eigenvalue weighted by molar-refractivity contribution is 9.10. The Morgan fingerprint density at radius 1 is 1.52 bits per heavy atom. The zero-order valence-corrected chi connectivity index (χ0v) is 13.8. The first kappa shape index (κ1) is 15.8. The minimum absolute atomic E-state index is 0.127. The maximum absolute atomic E-state index is 11.8. The number of halogens is 1. The molecule has 21 heavy (non-hydrogen) atoms. The van der Waals surface area contributed by atoms with Crippen LogP contribution in [0.3, 0.4) is 0 Å². The summed E-state index contributed by atoms with van der Waals surface area (Å²) in [7, 11) is 1.32. The number of aliphatic carboxylic acids is 1. The van der Waals surface area contributed by atoms with Crippen molar-refractivity contribution < 1.29 is 19.4 Å². The number of imidazole rings is 1. The number of fused-ring (bicyclic) bond motifs is 1. The Hall–Kier alpha value is -1.54. The zero-order valence-electron chi connectivity index (χ0n) is 11.4. The second-order valence-electron chi connectivity index (χ2n) is 4.28. The molecule has 0 spiro atoms. The van der Waals surface area contributed by atoms with E-state index in [1.165, 1.54) is 7.11 Å². The van der Waals surface area contributed by atoms with Crippen LogP contribution in [0.1, 0.15) is 13.0 Å². The third-order valence-corrected chi connectivity index (χ3v) is 4.30. The van der Waals surface area contributed by atoms with Gasteiger partial charge in [-0.25, -0.2) is 9.78 Å². The molecule has 0 amide bonds. The van der Waals surface area contributed by atoms with Gasteiger partial charge in [-0.3, -0.25) is 4.79 Å². The molecule has 0 bridgehead atoms. The molecule has 1 heterocycles. The van der Waals surface area contributed by atoms with Crippen LogP contribution in [0.4, 0.5) is 0 Å². The van der Waals surface area contributed by atoms with E-state index in [-0.39, 0.29) is 5.75 Å².